The predicted molar refractivity (Wildman–Crippen MR) is 103 cm³/mol. The topological polar surface area (TPSA) is 59.8 Å². The van der Waals surface area contributed by atoms with E-state index in [0.29, 0.717) is 23.9 Å². The van der Waals surface area contributed by atoms with Gasteiger partial charge in [0.15, 0.2) is 0 Å². The zero-order valence-corrected chi connectivity index (χ0v) is 16.3. The molecule has 1 aliphatic heterocycles. The minimum Gasteiger partial charge on any atom is -0.491 e. The first-order valence-electron chi connectivity index (χ1n) is 8.48. The van der Waals surface area contributed by atoms with E-state index in [0.717, 1.165) is 25.2 Å². The van der Waals surface area contributed by atoms with Crippen LogP contribution in [0.5, 0.6) is 5.75 Å². The second-order valence-electron chi connectivity index (χ2n) is 6.41. The number of aromatic nitrogens is 2. The zero-order chi connectivity index (χ0) is 17.6. The van der Waals surface area contributed by atoms with E-state index in [1.165, 1.54) is 0 Å². The average molecular weight is 402 g/mol. The van der Waals surface area contributed by atoms with E-state index in [4.69, 9.17) is 21.1 Å². The van der Waals surface area contributed by atoms with Crippen LogP contribution >= 0.6 is 24.0 Å². The van der Waals surface area contributed by atoms with Crippen LogP contribution in [-0.2, 0) is 11.3 Å². The highest BCUT2D eigenvalue weighted by Crippen LogP contribution is 2.16. The molecule has 0 amide bonds. The van der Waals surface area contributed by atoms with Gasteiger partial charge in [-0.1, -0.05) is 11.6 Å². The van der Waals surface area contributed by atoms with Crippen molar-refractivity contribution >= 4 is 24.0 Å². The molecule has 0 saturated carbocycles. The van der Waals surface area contributed by atoms with Crippen LogP contribution in [0.1, 0.15) is 5.56 Å². The lowest BCUT2D eigenvalue weighted by atomic mass is 10.2. The Balaban J connectivity index is 0.00000243. The van der Waals surface area contributed by atoms with Crippen molar-refractivity contribution < 1.29 is 14.6 Å². The largest absolute Gasteiger partial charge is 0.491 e. The van der Waals surface area contributed by atoms with Crippen LogP contribution in [-0.4, -0.2) is 64.8 Å². The molecule has 3 rings (SSSR count). The Kier molecular flexibility index (Phi) is 8.18. The van der Waals surface area contributed by atoms with Crippen molar-refractivity contribution in [2.75, 3.05) is 32.8 Å². The molecule has 0 aliphatic carbocycles. The quantitative estimate of drug-likeness (QED) is 0.771. The Morgan fingerprint density at radius 1 is 1.38 bits per heavy atom. The molecule has 1 aliphatic rings. The summed E-state index contributed by atoms with van der Waals surface area (Å²) in [4.78, 5) is 2.21. The second kappa shape index (κ2) is 10.1. The normalized spacial score (nSPS) is 19.0. The highest BCUT2D eigenvalue weighted by molar-refractivity contribution is 6.30. The molecule has 2 aromatic rings. The highest BCUT2D eigenvalue weighted by Gasteiger charge is 2.23. The van der Waals surface area contributed by atoms with Crippen molar-refractivity contribution in [1.82, 2.24) is 14.7 Å². The lowest BCUT2D eigenvalue weighted by molar-refractivity contribution is -0.0517. The van der Waals surface area contributed by atoms with E-state index in [-0.39, 0.29) is 25.1 Å². The van der Waals surface area contributed by atoms with Gasteiger partial charge in [0, 0.05) is 30.9 Å². The number of β-amino-alcohol motifs (C(OH)–C–C–N with tert-alkyl or cyclic N) is 1. The van der Waals surface area contributed by atoms with E-state index in [1.807, 2.05) is 24.0 Å². The van der Waals surface area contributed by atoms with Crippen molar-refractivity contribution in [2.24, 2.45) is 0 Å². The Hall–Kier alpha value is -1.31. The maximum atomic E-state index is 10.2. The molecule has 8 heteroatoms. The molecule has 1 aromatic carbocycles. The molecule has 2 heterocycles. The van der Waals surface area contributed by atoms with Crippen molar-refractivity contribution in [2.45, 2.75) is 25.7 Å². The summed E-state index contributed by atoms with van der Waals surface area (Å²) in [7, 11) is 0. The van der Waals surface area contributed by atoms with Crippen LogP contribution < -0.4 is 4.74 Å². The third-order valence-electron chi connectivity index (χ3n) is 4.10. The first-order chi connectivity index (χ1) is 12.1. The number of halogens is 2. The van der Waals surface area contributed by atoms with Gasteiger partial charge < -0.3 is 14.6 Å². The number of hydrogen-bond donors (Lipinski definition) is 1. The van der Waals surface area contributed by atoms with Crippen LogP contribution in [0.4, 0.5) is 0 Å². The molecule has 144 valence electrons. The molecule has 1 fully saturated rings. The zero-order valence-electron chi connectivity index (χ0n) is 14.8. The summed E-state index contributed by atoms with van der Waals surface area (Å²) in [5, 5.41) is 15.2. The maximum absolute atomic E-state index is 10.2. The monoisotopic (exact) mass is 401 g/mol. The van der Waals surface area contributed by atoms with Crippen LogP contribution in [0.25, 0.3) is 0 Å². The Labute approximate surface area is 165 Å². The van der Waals surface area contributed by atoms with Gasteiger partial charge in [0.05, 0.1) is 25.5 Å². The van der Waals surface area contributed by atoms with Gasteiger partial charge >= 0.3 is 0 Å². The first-order valence-corrected chi connectivity index (χ1v) is 8.86. The summed E-state index contributed by atoms with van der Waals surface area (Å²) >= 11 is 5.85. The molecule has 26 heavy (non-hydrogen) atoms. The second-order valence-corrected chi connectivity index (χ2v) is 6.85. The predicted octanol–water partition coefficient (Wildman–Crippen LogP) is 2.41. The number of nitrogens with zero attached hydrogens (tertiary/aromatic N) is 3. The van der Waals surface area contributed by atoms with Crippen molar-refractivity contribution in [3.8, 4) is 5.75 Å². The number of morpholine rings is 1. The lowest BCUT2D eigenvalue weighted by Crippen LogP contribution is -2.47. The summed E-state index contributed by atoms with van der Waals surface area (Å²) < 4.78 is 13.3. The number of aryl methyl sites for hydroxylation is 1. The molecule has 1 aromatic heterocycles. The SMILES string of the molecule is Cc1cnn(CC2CN(CC(O)COc3ccc(Cl)cc3)CCO2)c1.Cl. The van der Waals surface area contributed by atoms with Crippen molar-refractivity contribution in [1.29, 1.82) is 0 Å². The van der Waals surface area contributed by atoms with Gasteiger partial charge in [0.2, 0.25) is 0 Å². The van der Waals surface area contributed by atoms with Crippen molar-refractivity contribution in [3.63, 3.8) is 0 Å². The number of hydrogen-bond acceptors (Lipinski definition) is 5. The smallest absolute Gasteiger partial charge is 0.119 e. The molecule has 1 N–H and O–H groups in total. The first kappa shape index (κ1) is 21.0. The maximum Gasteiger partial charge on any atom is 0.119 e. The van der Waals surface area contributed by atoms with Gasteiger partial charge in [-0.2, -0.15) is 5.10 Å². The Bertz CT molecular complexity index is 666. The van der Waals surface area contributed by atoms with E-state index < -0.39 is 6.10 Å². The summed E-state index contributed by atoms with van der Waals surface area (Å²) in [6.07, 6.45) is 3.38. The van der Waals surface area contributed by atoms with Crippen molar-refractivity contribution in [3.05, 3.63) is 47.2 Å². The fraction of sp³-hybridized carbons (Fsp3) is 0.500. The minimum absolute atomic E-state index is 0. The summed E-state index contributed by atoms with van der Waals surface area (Å²) in [5.74, 6) is 0.706. The van der Waals surface area contributed by atoms with Gasteiger partial charge in [-0.25, -0.2) is 0 Å². The molecular weight excluding hydrogens is 377 g/mol. The molecule has 0 bridgehead atoms. The number of aliphatic hydroxyl groups is 1. The third kappa shape index (κ3) is 6.45. The summed E-state index contributed by atoms with van der Waals surface area (Å²) in [6.45, 7) is 5.81. The molecule has 6 nitrogen and oxygen atoms in total. The van der Waals surface area contributed by atoms with Crippen LogP contribution in [0, 0.1) is 6.92 Å². The Morgan fingerprint density at radius 3 is 2.85 bits per heavy atom. The van der Waals surface area contributed by atoms with Gasteiger partial charge in [-0.15, -0.1) is 12.4 Å². The van der Waals surface area contributed by atoms with Gasteiger partial charge in [0.25, 0.3) is 0 Å². The van der Waals surface area contributed by atoms with E-state index in [9.17, 15) is 5.11 Å². The molecule has 0 spiro atoms. The van der Waals surface area contributed by atoms with Gasteiger partial charge in [0.1, 0.15) is 18.5 Å². The van der Waals surface area contributed by atoms with E-state index in [2.05, 4.69) is 10.00 Å². The van der Waals surface area contributed by atoms with Gasteiger partial charge in [-0.3, -0.25) is 9.58 Å². The van der Waals surface area contributed by atoms with E-state index >= 15 is 0 Å². The minimum atomic E-state index is -0.554. The number of ether oxygens (including phenoxy) is 2. The fourth-order valence-electron chi connectivity index (χ4n) is 2.91. The average Bonchev–Trinajstić information content (AvgIpc) is 2.99. The third-order valence-corrected chi connectivity index (χ3v) is 4.35. The summed E-state index contributed by atoms with van der Waals surface area (Å²) in [5.41, 5.74) is 1.14. The molecule has 2 atom stereocenters. The Morgan fingerprint density at radius 2 is 2.15 bits per heavy atom. The van der Waals surface area contributed by atoms with E-state index in [1.54, 1.807) is 24.3 Å². The molecule has 2 unspecified atom stereocenters. The van der Waals surface area contributed by atoms with Crippen LogP contribution in [0.15, 0.2) is 36.7 Å². The summed E-state index contributed by atoms with van der Waals surface area (Å²) in [6, 6.07) is 7.14. The number of aliphatic hydroxyl groups excluding tert-OH is 1. The number of rotatable bonds is 7. The fourth-order valence-corrected chi connectivity index (χ4v) is 3.03. The van der Waals surface area contributed by atoms with Crippen LogP contribution in [0.3, 0.4) is 0 Å². The molecule has 1 saturated heterocycles. The standard InChI is InChI=1S/C18H24ClN3O3.ClH/c1-14-8-20-22(9-14)12-18-11-21(6-7-24-18)10-16(23)13-25-17-4-2-15(19)3-5-17;/h2-5,8-9,16,18,23H,6-7,10-13H2,1H3;1H. The molecule has 0 radical (unpaired) electrons. The highest BCUT2D eigenvalue weighted by atomic mass is 35.5. The van der Waals surface area contributed by atoms with Crippen LogP contribution in [0.2, 0.25) is 5.02 Å². The van der Waals surface area contributed by atoms with Gasteiger partial charge in [-0.05, 0) is 36.8 Å². The number of benzene rings is 1. The lowest BCUT2D eigenvalue weighted by Gasteiger charge is -2.34. The molecular formula is C18H25Cl2N3O3.